The molecule has 2 aromatic rings. The normalized spacial score (nSPS) is 13.3. The van der Waals surface area contributed by atoms with Crippen molar-refractivity contribution in [2.75, 3.05) is 0 Å². The third kappa shape index (κ3) is 5.94. The van der Waals surface area contributed by atoms with Crippen LogP contribution in [0.3, 0.4) is 0 Å². The molecule has 1 unspecified atom stereocenters. The van der Waals surface area contributed by atoms with Gasteiger partial charge in [-0.05, 0) is 18.1 Å². The van der Waals surface area contributed by atoms with E-state index in [-0.39, 0.29) is 0 Å². The second-order valence-electron chi connectivity index (χ2n) is 5.13. The molecular formula is C19H21NO2. The first-order valence-corrected chi connectivity index (χ1v) is 7.35. The van der Waals surface area contributed by atoms with Gasteiger partial charge in [-0.2, -0.15) is 0 Å². The predicted molar refractivity (Wildman–Crippen MR) is 90.4 cm³/mol. The number of aliphatic hydroxyl groups is 1. The molecule has 0 amide bonds. The molecule has 3 heteroatoms. The van der Waals surface area contributed by atoms with Crippen LogP contribution in [0.15, 0.2) is 71.9 Å². The summed E-state index contributed by atoms with van der Waals surface area (Å²) < 4.78 is 0. The molecule has 0 fully saturated rings. The van der Waals surface area contributed by atoms with Crippen molar-refractivity contribution in [2.24, 2.45) is 5.16 Å². The van der Waals surface area contributed by atoms with Gasteiger partial charge in [0.2, 0.25) is 0 Å². The smallest absolute Gasteiger partial charge is 0.142 e. The lowest BCUT2D eigenvalue weighted by Gasteiger charge is -2.06. The second kappa shape index (κ2) is 8.80. The summed E-state index contributed by atoms with van der Waals surface area (Å²) >= 11 is 0. The molecule has 0 aliphatic heterocycles. The summed E-state index contributed by atoms with van der Waals surface area (Å²) in [5.74, 6) is 0. The molecule has 0 saturated carbocycles. The van der Waals surface area contributed by atoms with E-state index in [1.165, 1.54) is 0 Å². The Labute approximate surface area is 131 Å². The van der Waals surface area contributed by atoms with Crippen LogP contribution < -0.4 is 0 Å². The fraction of sp³-hybridized carbons (Fsp3) is 0.211. The Hall–Kier alpha value is -2.39. The number of benzene rings is 2. The van der Waals surface area contributed by atoms with Gasteiger partial charge in [0.1, 0.15) is 6.61 Å². The van der Waals surface area contributed by atoms with Crippen LogP contribution in [0.25, 0.3) is 6.08 Å². The summed E-state index contributed by atoms with van der Waals surface area (Å²) in [6, 6.07) is 19.8. The summed E-state index contributed by atoms with van der Waals surface area (Å²) in [7, 11) is 0. The molecule has 2 rings (SSSR count). The molecule has 1 N–H and O–H groups in total. The van der Waals surface area contributed by atoms with Gasteiger partial charge in [0.15, 0.2) is 0 Å². The van der Waals surface area contributed by atoms with Gasteiger partial charge in [0.25, 0.3) is 0 Å². The minimum atomic E-state index is -0.565. The van der Waals surface area contributed by atoms with E-state index in [0.717, 1.165) is 16.8 Å². The molecule has 0 aliphatic carbocycles. The first-order valence-electron chi connectivity index (χ1n) is 7.35. The highest BCUT2D eigenvalue weighted by atomic mass is 16.6. The monoisotopic (exact) mass is 295 g/mol. The first-order chi connectivity index (χ1) is 10.7. The highest BCUT2D eigenvalue weighted by molar-refractivity contribution is 5.82. The van der Waals surface area contributed by atoms with Crippen LogP contribution in [0.2, 0.25) is 0 Å². The molecule has 22 heavy (non-hydrogen) atoms. The quantitative estimate of drug-likeness (QED) is 0.618. The zero-order valence-electron chi connectivity index (χ0n) is 12.7. The molecule has 0 bridgehead atoms. The lowest BCUT2D eigenvalue weighted by atomic mass is 10.1. The van der Waals surface area contributed by atoms with E-state index < -0.39 is 6.10 Å². The van der Waals surface area contributed by atoms with Crippen LogP contribution >= 0.6 is 0 Å². The van der Waals surface area contributed by atoms with E-state index in [0.29, 0.717) is 13.0 Å². The van der Waals surface area contributed by atoms with E-state index in [1.807, 2.05) is 73.7 Å². The SMILES string of the molecule is C/C(CC(O)/C=C/c1ccccc1)=N\OCc1ccccc1. The van der Waals surface area contributed by atoms with Crippen molar-refractivity contribution >= 4 is 11.8 Å². The van der Waals surface area contributed by atoms with E-state index in [9.17, 15) is 5.11 Å². The summed E-state index contributed by atoms with van der Waals surface area (Å²) in [5.41, 5.74) is 2.90. The number of nitrogens with zero attached hydrogens (tertiary/aromatic N) is 1. The van der Waals surface area contributed by atoms with Crippen molar-refractivity contribution < 1.29 is 9.94 Å². The lowest BCUT2D eigenvalue weighted by Crippen LogP contribution is -2.08. The van der Waals surface area contributed by atoms with Crippen molar-refractivity contribution in [3.8, 4) is 0 Å². The minimum Gasteiger partial charge on any atom is -0.391 e. The van der Waals surface area contributed by atoms with Gasteiger partial charge in [-0.25, -0.2) is 0 Å². The maximum absolute atomic E-state index is 9.97. The summed E-state index contributed by atoms with van der Waals surface area (Å²) in [4.78, 5) is 5.30. The van der Waals surface area contributed by atoms with Gasteiger partial charge in [-0.3, -0.25) is 0 Å². The van der Waals surface area contributed by atoms with Gasteiger partial charge >= 0.3 is 0 Å². The van der Waals surface area contributed by atoms with E-state index in [2.05, 4.69) is 5.16 Å². The molecule has 3 nitrogen and oxygen atoms in total. The van der Waals surface area contributed by atoms with Crippen LogP contribution in [-0.2, 0) is 11.4 Å². The van der Waals surface area contributed by atoms with Crippen LogP contribution in [-0.4, -0.2) is 16.9 Å². The van der Waals surface area contributed by atoms with E-state index >= 15 is 0 Å². The third-order valence-corrected chi connectivity index (χ3v) is 3.11. The predicted octanol–water partition coefficient (Wildman–Crippen LogP) is 4.04. The molecule has 1 atom stereocenters. The molecule has 0 spiro atoms. The largest absolute Gasteiger partial charge is 0.391 e. The number of hydrogen-bond acceptors (Lipinski definition) is 3. The number of aliphatic hydroxyl groups excluding tert-OH is 1. The zero-order chi connectivity index (χ0) is 15.6. The van der Waals surface area contributed by atoms with E-state index in [1.54, 1.807) is 6.08 Å². The van der Waals surface area contributed by atoms with Crippen molar-refractivity contribution in [1.29, 1.82) is 0 Å². The lowest BCUT2D eigenvalue weighted by molar-refractivity contribution is 0.128. The molecule has 0 radical (unpaired) electrons. The van der Waals surface area contributed by atoms with Gasteiger partial charge in [0, 0.05) is 6.42 Å². The number of rotatable bonds is 7. The molecule has 0 saturated heterocycles. The molecule has 0 heterocycles. The Kier molecular flexibility index (Phi) is 6.39. The Morgan fingerprint density at radius 2 is 1.73 bits per heavy atom. The molecule has 2 aromatic carbocycles. The zero-order valence-corrected chi connectivity index (χ0v) is 12.7. The summed E-state index contributed by atoms with van der Waals surface area (Å²) in [5, 5.41) is 14.0. The fourth-order valence-corrected chi connectivity index (χ4v) is 1.99. The first kappa shape index (κ1) is 16.0. The molecule has 0 aliphatic rings. The van der Waals surface area contributed by atoms with Crippen LogP contribution in [0.1, 0.15) is 24.5 Å². The Morgan fingerprint density at radius 3 is 2.41 bits per heavy atom. The molecule has 0 aromatic heterocycles. The maximum atomic E-state index is 9.97. The fourth-order valence-electron chi connectivity index (χ4n) is 1.99. The summed E-state index contributed by atoms with van der Waals surface area (Å²) in [6.45, 7) is 2.29. The number of hydrogen-bond donors (Lipinski definition) is 1. The second-order valence-corrected chi connectivity index (χ2v) is 5.13. The van der Waals surface area contributed by atoms with Crippen molar-refractivity contribution in [1.82, 2.24) is 0 Å². The maximum Gasteiger partial charge on any atom is 0.142 e. The number of oxime groups is 1. The van der Waals surface area contributed by atoms with Gasteiger partial charge in [0.05, 0.1) is 11.8 Å². The van der Waals surface area contributed by atoms with Crippen LogP contribution in [0.5, 0.6) is 0 Å². The molecule has 114 valence electrons. The van der Waals surface area contributed by atoms with Crippen LogP contribution in [0, 0.1) is 0 Å². The minimum absolute atomic E-state index is 0.439. The topological polar surface area (TPSA) is 41.8 Å². The Morgan fingerprint density at radius 1 is 1.09 bits per heavy atom. The van der Waals surface area contributed by atoms with Gasteiger partial charge < -0.3 is 9.94 Å². The molecular weight excluding hydrogens is 274 g/mol. The third-order valence-electron chi connectivity index (χ3n) is 3.11. The average molecular weight is 295 g/mol. The highest BCUT2D eigenvalue weighted by Crippen LogP contribution is 2.05. The Balaban J connectivity index is 1.77. The van der Waals surface area contributed by atoms with E-state index in [4.69, 9.17) is 4.84 Å². The van der Waals surface area contributed by atoms with Gasteiger partial charge in [-0.1, -0.05) is 78.0 Å². The van der Waals surface area contributed by atoms with Crippen molar-refractivity contribution in [3.05, 3.63) is 77.9 Å². The Bertz CT molecular complexity index is 606. The van der Waals surface area contributed by atoms with Crippen molar-refractivity contribution in [3.63, 3.8) is 0 Å². The van der Waals surface area contributed by atoms with Gasteiger partial charge in [-0.15, -0.1) is 0 Å². The summed E-state index contributed by atoms with van der Waals surface area (Å²) in [6.07, 6.45) is 3.57. The highest BCUT2D eigenvalue weighted by Gasteiger charge is 2.02. The average Bonchev–Trinajstić information content (AvgIpc) is 2.55. The standard InChI is InChI=1S/C19H21NO2/c1-16(20-22-15-18-10-6-3-7-11-18)14-19(21)13-12-17-8-4-2-5-9-17/h2-13,19,21H,14-15H2,1H3/b13-12+,20-16+. The van der Waals surface area contributed by atoms with Crippen LogP contribution in [0.4, 0.5) is 0 Å². The van der Waals surface area contributed by atoms with Crippen molar-refractivity contribution in [2.45, 2.75) is 26.1 Å².